The minimum absolute atomic E-state index is 0.0477. The summed E-state index contributed by atoms with van der Waals surface area (Å²) in [5, 5.41) is 14.0. The number of benzene rings is 1. The molecule has 0 bridgehead atoms. The molecule has 25 heavy (non-hydrogen) atoms. The molecule has 1 fully saturated rings. The smallest absolute Gasteiger partial charge is 0.328 e. The molecule has 1 N–H and O–H groups in total. The number of hydrogen-bond acceptors (Lipinski definition) is 5. The van der Waals surface area contributed by atoms with Gasteiger partial charge in [-0.05, 0) is 43.6 Å². The fourth-order valence-corrected chi connectivity index (χ4v) is 3.55. The number of nitro groups is 1. The van der Waals surface area contributed by atoms with Crippen molar-refractivity contribution in [1.82, 2.24) is 0 Å². The fourth-order valence-electron chi connectivity index (χ4n) is 3.55. The summed E-state index contributed by atoms with van der Waals surface area (Å²) in [4.78, 5) is 23.2. The topological polar surface area (TPSA) is 81.5 Å². The van der Waals surface area contributed by atoms with E-state index in [0.717, 1.165) is 12.8 Å². The number of anilines is 1. The van der Waals surface area contributed by atoms with E-state index < -0.39 is 11.0 Å². The summed E-state index contributed by atoms with van der Waals surface area (Å²) in [6.07, 6.45) is 3.04. The molecule has 1 saturated carbocycles. The Morgan fingerprint density at radius 2 is 1.96 bits per heavy atom. The van der Waals surface area contributed by atoms with E-state index in [0.29, 0.717) is 23.4 Å². The average molecular weight is 348 g/mol. The van der Waals surface area contributed by atoms with Crippen molar-refractivity contribution in [1.29, 1.82) is 0 Å². The van der Waals surface area contributed by atoms with Gasteiger partial charge in [-0.2, -0.15) is 0 Å². The molecule has 4 atom stereocenters. The minimum atomic E-state index is -0.647. The van der Waals surface area contributed by atoms with Crippen molar-refractivity contribution in [3.63, 3.8) is 0 Å². The first-order valence-electron chi connectivity index (χ1n) is 9.00. The van der Waals surface area contributed by atoms with Crippen LogP contribution in [0, 0.1) is 27.9 Å². The van der Waals surface area contributed by atoms with Crippen LogP contribution in [-0.2, 0) is 9.53 Å². The number of carbonyl (C=O) groups is 1. The molecule has 0 heterocycles. The van der Waals surface area contributed by atoms with Gasteiger partial charge in [0.1, 0.15) is 17.8 Å². The number of carbonyl (C=O) groups excluding carboxylic acids is 1. The molecular formula is C19H28N2O4. The second kappa shape index (κ2) is 8.32. The Morgan fingerprint density at radius 1 is 1.28 bits per heavy atom. The molecular weight excluding hydrogens is 320 g/mol. The highest BCUT2D eigenvalue weighted by Gasteiger charge is 2.34. The van der Waals surface area contributed by atoms with E-state index in [-0.39, 0.29) is 17.8 Å². The van der Waals surface area contributed by atoms with Gasteiger partial charge in [0.25, 0.3) is 5.69 Å². The lowest BCUT2D eigenvalue weighted by Gasteiger charge is -2.37. The summed E-state index contributed by atoms with van der Waals surface area (Å²) in [7, 11) is 0. The van der Waals surface area contributed by atoms with Crippen molar-refractivity contribution in [3.8, 4) is 0 Å². The molecule has 0 aliphatic heterocycles. The Bertz CT molecular complexity index is 617. The normalized spacial score (nSPS) is 24.6. The summed E-state index contributed by atoms with van der Waals surface area (Å²) in [6.45, 7) is 8.19. The number of rotatable bonds is 6. The highest BCUT2D eigenvalue weighted by molar-refractivity contribution is 5.80. The van der Waals surface area contributed by atoms with Gasteiger partial charge in [-0.1, -0.05) is 39.3 Å². The highest BCUT2D eigenvalue weighted by atomic mass is 16.6. The van der Waals surface area contributed by atoms with Gasteiger partial charge in [0, 0.05) is 6.07 Å². The quantitative estimate of drug-likeness (QED) is 0.468. The van der Waals surface area contributed by atoms with Crippen LogP contribution in [0.25, 0.3) is 0 Å². The molecule has 1 aliphatic rings. The lowest BCUT2D eigenvalue weighted by molar-refractivity contribution is -0.384. The first-order chi connectivity index (χ1) is 11.8. The molecule has 6 heteroatoms. The first kappa shape index (κ1) is 19.2. The van der Waals surface area contributed by atoms with Crippen LogP contribution in [0.15, 0.2) is 24.3 Å². The Morgan fingerprint density at radius 3 is 2.60 bits per heavy atom. The number of ether oxygens (including phenoxy) is 1. The summed E-state index contributed by atoms with van der Waals surface area (Å²) in [6, 6.07) is 5.67. The molecule has 0 amide bonds. The molecule has 138 valence electrons. The zero-order valence-electron chi connectivity index (χ0n) is 15.4. The molecule has 0 aromatic heterocycles. The Kier molecular flexibility index (Phi) is 6.39. The van der Waals surface area contributed by atoms with E-state index in [2.05, 4.69) is 26.1 Å². The number of nitrogens with one attached hydrogen (secondary N) is 1. The second-order valence-electron chi connectivity index (χ2n) is 7.44. The third kappa shape index (κ3) is 4.94. The average Bonchev–Trinajstić information content (AvgIpc) is 2.54. The van der Waals surface area contributed by atoms with Gasteiger partial charge in [0.2, 0.25) is 0 Å². The largest absolute Gasteiger partial charge is 0.461 e. The van der Waals surface area contributed by atoms with Gasteiger partial charge in [0.15, 0.2) is 0 Å². The van der Waals surface area contributed by atoms with Crippen LogP contribution in [0.5, 0.6) is 0 Å². The third-order valence-electron chi connectivity index (χ3n) is 5.06. The SMILES string of the molecule is CC1CC[C@H](C(C)C)[C@@H](OC(=O)C(C)Nc2ccccc2[N+](=O)[O-])C1. The van der Waals surface area contributed by atoms with E-state index in [1.807, 2.05) is 0 Å². The van der Waals surface area contributed by atoms with Gasteiger partial charge in [0.05, 0.1) is 4.92 Å². The number of esters is 1. The molecule has 1 aromatic carbocycles. The number of para-hydroxylation sites is 2. The van der Waals surface area contributed by atoms with Crippen molar-refractivity contribution >= 4 is 17.3 Å². The van der Waals surface area contributed by atoms with Gasteiger partial charge in [-0.15, -0.1) is 0 Å². The maximum atomic E-state index is 12.5. The monoisotopic (exact) mass is 348 g/mol. The molecule has 6 nitrogen and oxygen atoms in total. The van der Waals surface area contributed by atoms with Crippen LogP contribution in [0.3, 0.4) is 0 Å². The molecule has 1 aromatic rings. The molecule has 2 unspecified atom stereocenters. The summed E-state index contributed by atoms with van der Waals surface area (Å²) < 4.78 is 5.80. The number of nitro benzene ring substituents is 1. The van der Waals surface area contributed by atoms with Crippen LogP contribution in [0.1, 0.15) is 47.0 Å². The van der Waals surface area contributed by atoms with E-state index in [9.17, 15) is 14.9 Å². The lowest BCUT2D eigenvalue weighted by Crippen LogP contribution is -2.39. The van der Waals surface area contributed by atoms with Crippen LogP contribution < -0.4 is 5.32 Å². The van der Waals surface area contributed by atoms with Gasteiger partial charge >= 0.3 is 5.97 Å². The Balaban J connectivity index is 2.03. The van der Waals surface area contributed by atoms with Gasteiger partial charge in [-0.25, -0.2) is 4.79 Å². The van der Waals surface area contributed by atoms with Crippen LogP contribution >= 0.6 is 0 Å². The van der Waals surface area contributed by atoms with E-state index in [4.69, 9.17) is 4.74 Å². The highest BCUT2D eigenvalue weighted by Crippen LogP contribution is 2.35. The van der Waals surface area contributed by atoms with E-state index >= 15 is 0 Å². The molecule has 1 aliphatic carbocycles. The maximum Gasteiger partial charge on any atom is 0.328 e. The van der Waals surface area contributed by atoms with Gasteiger partial charge in [-0.3, -0.25) is 10.1 Å². The predicted octanol–water partition coefficient (Wildman–Crippen LogP) is 4.40. The van der Waals surface area contributed by atoms with E-state index in [1.54, 1.807) is 25.1 Å². The van der Waals surface area contributed by atoms with Crippen LogP contribution in [-0.4, -0.2) is 23.0 Å². The first-order valence-corrected chi connectivity index (χ1v) is 9.00. The van der Waals surface area contributed by atoms with Crippen molar-refractivity contribution in [2.24, 2.45) is 17.8 Å². The zero-order chi connectivity index (χ0) is 18.6. The van der Waals surface area contributed by atoms with Crippen LogP contribution in [0.2, 0.25) is 0 Å². The number of hydrogen-bond donors (Lipinski definition) is 1. The molecule has 0 saturated heterocycles. The Hall–Kier alpha value is -2.11. The third-order valence-corrected chi connectivity index (χ3v) is 5.06. The standard InChI is InChI=1S/C19H28N2O4/c1-12(2)15-10-9-13(3)11-18(15)25-19(22)14(4)20-16-7-5-6-8-17(16)21(23)24/h5-8,12-15,18,20H,9-11H2,1-4H3/t13?,14?,15-,18+/m1/s1. The fraction of sp³-hybridized carbons (Fsp3) is 0.632. The molecule has 2 rings (SSSR count). The molecule has 0 radical (unpaired) electrons. The van der Waals surface area contributed by atoms with E-state index in [1.165, 1.54) is 12.5 Å². The predicted molar refractivity (Wildman–Crippen MR) is 97.4 cm³/mol. The second-order valence-corrected chi connectivity index (χ2v) is 7.44. The zero-order valence-corrected chi connectivity index (χ0v) is 15.4. The summed E-state index contributed by atoms with van der Waals surface area (Å²) >= 11 is 0. The Labute approximate surface area is 149 Å². The van der Waals surface area contributed by atoms with Gasteiger partial charge < -0.3 is 10.1 Å². The molecule has 0 spiro atoms. The van der Waals surface area contributed by atoms with Crippen molar-refractivity contribution in [2.45, 2.75) is 59.1 Å². The number of nitrogens with zero attached hydrogens (tertiary/aromatic N) is 1. The lowest BCUT2D eigenvalue weighted by atomic mass is 9.75. The minimum Gasteiger partial charge on any atom is -0.461 e. The maximum absolute atomic E-state index is 12.5. The van der Waals surface area contributed by atoms with Crippen molar-refractivity contribution in [2.75, 3.05) is 5.32 Å². The van der Waals surface area contributed by atoms with Crippen molar-refractivity contribution < 1.29 is 14.5 Å². The van der Waals surface area contributed by atoms with Crippen LogP contribution in [0.4, 0.5) is 11.4 Å². The summed E-state index contributed by atoms with van der Waals surface area (Å²) in [5.74, 6) is 1.02. The van der Waals surface area contributed by atoms with Crippen molar-refractivity contribution in [3.05, 3.63) is 34.4 Å². The summed E-state index contributed by atoms with van der Waals surface area (Å²) in [5.41, 5.74) is 0.280.